The standard InChI is InChI=1S/C26H29N9O/c1-36-21-7-6-16-18(30-21)14-26(23(16)27)8-12-34(13-9-26)20-15-29-22-24(31-20)32-33-25(22)35-11-3-4-17-19(35)5-2-10-28-17/h2,5-7,10,15,23H,3-4,8-9,11-14,27H2,1H3,(H,31,32,33)/t23-/m1/s1. The molecule has 0 radical (unpaired) electrons. The molecule has 0 saturated carbocycles. The minimum absolute atomic E-state index is 0.00121. The van der Waals surface area contributed by atoms with Crippen molar-refractivity contribution >= 4 is 28.5 Å². The highest BCUT2D eigenvalue weighted by atomic mass is 16.5. The average Bonchev–Trinajstić information content (AvgIpc) is 3.46. The number of aromatic nitrogens is 6. The van der Waals surface area contributed by atoms with Gasteiger partial charge in [0.15, 0.2) is 17.0 Å². The average molecular weight is 484 g/mol. The fraction of sp³-hybridized carbons (Fsp3) is 0.423. The van der Waals surface area contributed by atoms with E-state index in [1.165, 1.54) is 0 Å². The summed E-state index contributed by atoms with van der Waals surface area (Å²) in [5.41, 5.74) is 12.7. The highest BCUT2D eigenvalue weighted by Gasteiger charge is 2.47. The summed E-state index contributed by atoms with van der Waals surface area (Å²) in [4.78, 5) is 23.5. The first kappa shape index (κ1) is 21.5. The lowest BCUT2D eigenvalue weighted by atomic mass is 9.73. The lowest BCUT2D eigenvalue weighted by molar-refractivity contribution is 0.186. The Morgan fingerprint density at radius 1 is 1.08 bits per heavy atom. The minimum atomic E-state index is -0.00121. The fourth-order valence-corrected chi connectivity index (χ4v) is 6.21. The van der Waals surface area contributed by atoms with Gasteiger partial charge in [-0.25, -0.2) is 15.0 Å². The van der Waals surface area contributed by atoms with Crippen LogP contribution in [-0.4, -0.2) is 56.9 Å². The van der Waals surface area contributed by atoms with Crippen molar-refractivity contribution in [3.8, 4) is 5.88 Å². The number of nitrogens with one attached hydrogen (secondary N) is 1. The summed E-state index contributed by atoms with van der Waals surface area (Å²) in [7, 11) is 1.65. The molecule has 0 unspecified atom stereocenters. The normalized spacial score (nSPS) is 20.6. The first-order valence-electron chi connectivity index (χ1n) is 12.6. The molecule has 1 saturated heterocycles. The molecule has 0 bridgehead atoms. The molecule has 1 fully saturated rings. The number of hydrogen-bond acceptors (Lipinski definition) is 9. The molecule has 1 spiro atoms. The third kappa shape index (κ3) is 3.24. The van der Waals surface area contributed by atoms with Gasteiger partial charge in [-0.2, -0.15) is 5.10 Å². The van der Waals surface area contributed by atoms with Gasteiger partial charge in [-0.05, 0) is 55.2 Å². The van der Waals surface area contributed by atoms with Gasteiger partial charge >= 0.3 is 0 Å². The molecule has 1 aliphatic carbocycles. The topological polar surface area (TPSA) is 122 Å². The first-order valence-corrected chi connectivity index (χ1v) is 12.6. The van der Waals surface area contributed by atoms with E-state index in [0.29, 0.717) is 11.5 Å². The first-order chi connectivity index (χ1) is 17.6. The Balaban J connectivity index is 1.11. The SMILES string of the molecule is COc1ccc2c(n1)CC1(CCN(c3cnc4c(N5CCCc6ncccc65)n[nH]c4n3)CC1)[C@@H]2N. The van der Waals surface area contributed by atoms with E-state index in [4.69, 9.17) is 20.4 Å². The van der Waals surface area contributed by atoms with Crippen LogP contribution in [0.2, 0.25) is 0 Å². The second-order valence-electron chi connectivity index (χ2n) is 10.1. The molecular weight excluding hydrogens is 454 g/mol. The Morgan fingerprint density at radius 2 is 1.97 bits per heavy atom. The summed E-state index contributed by atoms with van der Waals surface area (Å²) in [6.45, 7) is 2.65. The van der Waals surface area contributed by atoms with Crippen molar-refractivity contribution in [3.63, 3.8) is 0 Å². The third-order valence-corrected chi connectivity index (χ3v) is 8.24. The number of aromatic amines is 1. The Kier molecular flexibility index (Phi) is 4.85. The maximum absolute atomic E-state index is 6.76. The zero-order valence-electron chi connectivity index (χ0n) is 20.3. The lowest BCUT2D eigenvalue weighted by Gasteiger charge is -2.42. The van der Waals surface area contributed by atoms with Gasteiger partial charge in [-0.3, -0.25) is 10.1 Å². The van der Waals surface area contributed by atoms with Crippen LogP contribution in [0.25, 0.3) is 11.2 Å². The smallest absolute Gasteiger partial charge is 0.213 e. The van der Waals surface area contributed by atoms with Crippen molar-refractivity contribution in [2.45, 2.75) is 38.1 Å². The molecule has 184 valence electrons. The van der Waals surface area contributed by atoms with E-state index < -0.39 is 0 Å². The van der Waals surface area contributed by atoms with Gasteiger partial charge in [0.05, 0.1) is 24.7 Å². The van der Waals surface area contributed by atoms with E-state index in [9.17, 15) is 0 Å². The minimum Gasteiger partial charge on any atom is -0.481 e. The van der Waals surface area contributed by atoms with Gasteiger partial charge in [0.1, 0.15) is 5.82 Å². The molecule has 10 heteroatoms. The number of aryl methyl sites for hydroxylation is 1. The maximum Gasteiger partial charge on any atom is 0.213 e. The molecule has 4 aromatic heterocycles. The Bertz CT molecular complexity index is 1440. The van der Waals surface area contributed by atoms with E-state index >= 15 is 0 Å². The van der Waals surface area contributed by atoms with Crippen LogP contribution >= 0.6 is 0 Å². The van der Waals surface area contributed by atoms with Crippen LogP contribution in [-0.2, 0) is 12.8 Å². The molecule has 6 heterocycles. The molecule has 0 aromatic carbocycles. The Labute approximate surface area is 208 Å². The van der Waals surface area contributed by atoms with E-state index in [-0.39, 0.29) is 11.5 Å². The molecule has 10 nitrogen and oxygen atoms in total. The largest absolute Gasteiger partial charge is 0.481 e. The number of nitrogens with zero attached hydrogens (tertiary/aromatic N) is 7. The predicted octanol–water partition coefficient (Wildman–Crippen LogP) is 3.08. The Hall–Kier alpha value is -3.79. The van der Waals surface area contributed by atoms with Gasteiger partial charge in [0, 0.05) is 43.6 Å². The quantitative estimate of drug-likeness (QED) is 0.453. The van der Waals surface area contributed by atoms with E-state index in [1.807, 2.05) is 24.5 Å². The number of methoxy groups -OCH3 is 1. The second-order valence-corrected chi connectivity index (χ2v) is 10.1. The lowest BCUT2D eigenvalue weighted by Crippen LogP contribution is -2.44. The summed E-state index contributed by atoms with van der Waals surface area (Å²) in [6, 6.07) is 8.07. The van der Waals surface area contributed by atoms with Gasteiger partial charge < -0.3 is 20.3 Å². The molecule has 1 atom stereocenters. The van der Waals surface area contributed by atoms with E-state index in [1.54, 1.807) is 7.11 Å². The number of fused-ring (bicyclic) bond motifs is 3. The van der Waals surface area contributed by atoms with Crippen LogP contribution in [0.3, 0.4) is 0 Å². The summed E-state index contributed by atoms with van der Waals surface area (Å²) >= 11 is 0. The number of hydrogen-bond donors (Lipinski definition) is 2. The number of pyridine rings is 2. The highest BCUT2D eigenvalue weighted by molar-refractivity contribution is 5.87. The van der Waals surface area contributed by atoms with Crippen LogP contribution < -0.4 is 20.3 Å². The van der Waals surface area contributed by atoms with Crippen molar-refractivity contribution in [1.82, 2.24) is 30.1 Å². The van der Waals surface area contributed by atoms with Crippen molar-refractivity contribution in [1.29, 1.82) is 0 Å². The monoisotopic (exact) mass is 483 g/mol. The van der Waals surface area contributed by atoms with Gasteiger partial charge in [-0.1, -0.05) is 6.07 Å². The van der Waals surface area contributed by atoms with Crippen molar-refractivity contribution in [3.05, 3.63) is 53.6 Å². The number of anilines is 3. The van der Waals surface area contributed by atoms with Crippen molar-refractivity contribution < 1.29 is 4.74 Å². The van der Waals surface area contributed by atoms with E-state index in [2.05, 4.69) is 42.1 Å². The van der Waals surface area contributed by atoms with Gasteiger partial charge in [0.25, 0.3) is 0 Å². The maximum atomic E-state index is 6.76. The number of rotatable bonds is 3. The molecule has 0 amide bonds. The number of ether oxygens (including phenoxy) is 1. The fourth-order valence-electron chi connectivity index (χ4n) is 6.21. The molecule has 7 rings (SSSR count). The zero-order chi connectivity index (χ0) is 24.3. The molecule has 3 N–H and O–H groups in total. The van der Waals surface area contributed by atoms with Gasteiger partial charge in [-0.15, -0.1) is 0 Å². The molecule has 2 aliphatic heterocycles. The Morgan fingerprint density at radius 3 is 2.83 bits per heavy atom. The molecule has 3 aliphatic rings. The third-order valence-electron chi connectivity index (χ3n) is 8.24. The van der Waals surface area contributed by atoms with Crippen LogP contribution in [0, 0.1) is 5.41 Å². The number of nitrogens with two attached hydrogens (primary N) is 1. The van der Waals surface area contributed by atoms with E-state index in [0.717, 1.165) is 91.5 Å². The molecule has 36 heavy (non-hydrogen) atoms. The van der Waals surface area contributed by atoms with Gasteiger partial charge in [0.2, 0.25) is 5.88 Å². The zero-order valence-corrected chi connectivity index (χ0v) is 20.3. The second kappa shape index (κ2) is 8.12. The van der Waals surface area contributed by atoms with Crippen LogP contribution in [0.15, 0.2) is 36.7 Å². The predicted molar refractivity (Wildman–Crippen MR) is 137 cm³/mol. The summed E-state index contributed by atoms with van der Waals surface area (Å²) < 4.78 is 5.33. The van der Waals surface area contributed by atoms with Crippen molar-refractivity contribution in [2.24, 2.45) is 11.1 Å². The molecule has 4 aromatic rings. The molecular formula is C26H29N9O. The number of H-pyrrole nitrogens is 1. The van der Waals surface area contributed by atoms with Crippen LogP contribution in [0.5, 0.6) is 5.88 Å². The highest BCUT2D eigenvalue weighted by Crippen LogP contribution is 2.50. The summed E-state index contributed by atoms with van der Waals surface area (Å²) in [5, 5.41) is 7.73. The summed E-state index contributed by atoms with van der Waals surface area (Å²) in [5.74, 6) is 2.34. The van der Waals surface area contributed by atoms with Crippen molar-refractivity contribution in [2.75, 3.05) is 36.5 Å². The number of piperidine rings is 1. The summed E-state index contributed by atoms with van der Waals surface area (Å²) in [6.07, 6.45) is 8.62. The van der Waals surface area contributed by atoms with Crippen LogP contribution in [0.1, 0.15) is 42.3 Å². The van der Waals surface area contributed by atoms with Crippen LogP contribution in [0.4, 0.5) is 17.3 Å².